The van der Waals surface area contributed by atoms with Gasteiger partial charge in [0.25, 0.3) is 0 Å². The standard InChI is InChI=1S/C11H13N3O4/c15-3-6-9(16)10(17)11(18-6)8-7-5(1-2-12-8)13-4-14-7/h1-2,4,6,9-11,15-17H,3H2,(H,13,14)/t6-,9-,10-,11?/m1/s1. The van der Waals surface area contributed by atoms with Gasteiger partial charge in [0.15, 0.2) is 0 Å². The number of aliphatic hydroxyl groups excluding tert-OH is 3. The predicted molar refractivity (Wildman–Crippen MR) is 60.6 cm³/mol. The number of aromatic amines is 1. The summed E-state index contributed by atoms with van der Waals surface area (Å²) in [6.45, 7) is -0.356. The van der Waals surface area contributed by atoms with Gasteiger partial charge in [0.1, 0.15) is 29.9 Å². The number of fused-ring (bicyclic) bond motifs is 1. The van der Waals surface area contributed by atoms with Gasteiger partial charge in [-0.2, -0.15) is 0 Å². The van der Waals surface area contributed by atoms with Gasteiger partial charge in [-0.1, -0.05) is 0 Å². The number of hydrogen-bond donors (Lipinski definition) is 4. The normalized spacial score (nSPS) is 32.2. The first kappa shape index (κ1) is 11.5. The molecule has 0 bridgehead atoms. The third-order valence-corrected chi connectivity index (χ3v) is 3.18. The van der Waals surface area contributed by atoms with E-state index in [9.17, 15) is 10.2 Å². The van der Waals surface area contributed by atoms with E-state index in [0.717, 1.165) is 5.52 Å². The lowest BCUT2D eigenvalue weighted by molar-refractivity contribution is -0.0235. The van der Waals surface area contributed by atoms with Crippen molar-refractivity contribution in [3.63, 3.8) is 0 Å². The molecule has 0 aromatic carbocycles. The number of rotatable bonds is 2. The molecule has 1 fully saturated rings. The number of nitrogens with one attached hydrogen (secondary N) is 1. The lowest BCUT2D eigenvalue weighted by atomic mass is 10.0. The highest BCUT2D eigenvalue weighted by Crippen LogP contribution is 2.34. The first-order chi connectivity index (χ1) is 8.72. The molecule has 0 amide bonds. The Bertz CT molecular complexity index is 558. The highest BCUT2D eigenvalue weighted by atomic mass is 16.6. The number of aromatic nitrogens is 3. The van der Waals surface area contributed by atoms with Gasteiger partial charge in [0.05, 0.1) is 24.1 Å². The van der Waals surface area contributed by atoms with Crippen molar-refractivity contribution in [1.82, 2.24) is 15.0 Å². The van der Waals surface area contributed by atoms with E-state index >= 15 is 0 Å². The van der Waals surface area contributed by atoms with Crippen LogP contribution in [0.25, 0.3) is 11.0 Å². The van der Waals surface area contributed by atoms with Gasteiger partial charge in [0.2, 0.25) is 0 Å². The Morgan fingerprint density at radius 1 is 1.28 bits per heavy atom. The van der Waals surface area contributed by atoms with Crippen molar-refractivity contribution in [1.29, 1.82) is 0 Å². The largest absolute Gasteiger partial charge is 0.394 e. The van der Waals surface area contributed by atoms with Crippen LogP contribution >= 0.6 is 0 Å². The third kappa shape index (κ3) is 1.60. The zero-order chi connectivity index (χ0) is 12.7. The lowest BCUT2D eigenvalue weighted by Crippen LogP contribution is -2.32. The SMILES string of the molecule is OC[C@H]1OC(c2nccc3[nH]cnc23)[C@H](O)[C@@H]1O. The summed E-state index contributed by atoms with van der Waals surface area (Å²) in [5.41, 5.74) is 1.82. The molecule has 1 aliphatic rings. The van der Waals surface area contributed by atoms with E-state index in [0.29, 0.717) is 11.2 Å². The van der Waals surface area contributed by atoms with E-state index in [1.54, 1.807) is 12.3 Å². The Balaban J connectivity index is 2.02. The van der Waals surface area contributed by atoms with Crippen LogP contribution in [0.15, 0.2) is 18.6 Å². The summed E-state index contributed by atoms with van der Waals surface area (Å²) in [7, 11) is 0. The van der Waals surface area contributed by atoms with Crippen molar-refractivity contribution in [2.45, 2.75) is 24.4 Å². The molecule has 0 aliphatic carbocycles. The number of hydrogen-bond acceptors (Lipinski definition) is 6. The summed E-state index contributed by atoms with van der Waals surface area (Å²) >= 11 is 0. The Labute approximate surface area is 102 Å². The molecule has 3 heterocycles. The molecule has 1 saturated heterocycles. The van der Waals surface area contributed by atoms with Crippen LogP contribution in [0.4, 0.5) is 0 Å². The van der Waals surface area contributed by atoms with E-state index in [1.807, 2.05) is 0 Å². The molecule has 3 rings (SSSR count). The quantitative estimate of drug-likeness (QED) is 0.551. The van der Waals surface area contributed by atoms with Gasteiger partial charge in [-0.05, 0) is 6.07 Å². The zero-order valence-corrected chi connectivity index (χ0v) is 9.39. The Morgan fingerprint density at radius 2 is 2.11 bits per heavy atom. The number of aliphatic hydroxyl groups is 3. The molecule has 0 radical (unpaired) electrons. The van der Waals surface area contributed by atoms with Crippen molar-refractivity contribution in [3.8, 4) is 0 Å². The molecule has 0 spiro atoms. The molecule has 18 heavy (non-hydrogen) atoms. The lowest BCUT2D eigenvalue weighted by Gasteiger charge is -2.14. The second-order valence-corrected chi connectivity index (χ2v) is 4.25. The summed E-state index contributed by atoms with van der Waals surface area (Å²) in [6, 6.07) is 1.76. The van der Waals surface area contributed by atoms with Crippen LogP contribution in [0, 0.1) is 0 Å². The molecule has 4 N–H and O–H groups in total. The molecule has 96 valence electrons. The first-order valence-corrected chi connectivity index (χ1v) is 5.63. The minimum atomic E-state index is -1.13. The van der Waals surface area contributed by atoms with Crippen molar-refractivity contribution >= 4 is 11.0 Å². The van der Waals surface area contributed by atoms with Gasteiger partial charge in [-0.3, -0.25) is 4.98 Å². The number of ether oxygens (including phenoxy) is 1. The fourth-order valence-corrected chi connectivity index (χ4v) is 2.22. The Morgan fingerprint density at radius 3 is 2.83 bits per heavy atom. The molecule has 1 aliphatic heterocycles. The number of pyridine rings is 1. The Hall–Kier alpha value is -1.54. The fraction of sp³-hybridized carbons (Fsp3) is 0.455. The smallest absolute Gasteiger partial charge is 0.131 e. The van der Waals surface area contributed by atoms with Crippen LogP contribution in [0.5, 0.6) is 0 Å². The second kappa shape index (κ2) is 4.29. The minimum absolute atomic E-state index is 0.356. The molecule has 1 unspecified atom stereocenters. The average molecular weight is 251 g/mol. The van der Waals surface area contributed by atoms with Crippen LogP contribution in [0.3, 0.4) is 0 Å². The average Bonchev–Trinajstić information content (AvgIpc) is 2.96. The second-order valence-electron chi connectivity index (χ2n) is 4.25. The third-order valence-electron chi connectivity index (χ3n) is 3.18. The molecule has 0 saturated carbocycles. The van der Waals surface area contributed by atoms with E-state index in [4.69, 9.17) is 9.84 Å². The molecule has 2 aromatic rings. The van der Waals surface area contributed by atoms with Gasteiger partial charge in [0, 0.05) is 6.20 Å². The summed E-state index contributed by atoms with van der Waals surface area (Å²) in [5, 5.41) is 28.7. The molecule has 2 aromatic heterocycles. The van der Waals surface area contributed by atoms with E-state index < -0.39 is 24.4 Å². The van der Waals surface area contributed by atoms with E-state index in [-0.39, 0.29) is 6.61 Å². The molecular weight excluding hydrogens is 238 g/mol. The molecular formula is C11H13N3O4. The predicted octanol–water partition coefficient (Wildman–Crippen LogP) is -0.888. The first-order valence-electron chi connectivity index (χ1n) is 5.63. The van der Waals surface area contributed by atoms with Crippen LogP contribution in [0.1, 0.15) is 11.8 Å². The summed E-state index contributed by atoms with van der Waals surface area (Å²) in [6.07, 6.45) is -0.750. The van der Waals surface area contributed by atoms with E-state index in [1.165, 1.54) is 6.33 Å². The van der Waals surface area contributed by atoms with Crippen molar-refractivity contribution in [2.75, 3.05) is 6.61 Å². The monoisotopic (exact) mass is 251 g/mol. The van der Waals surface area contributed by atoms with Crippen molar-refractivity contribution < 1.29 is 20.1 Å². The number of imidazole rings is 1. The minimum Gasteiger partial charge on any atom is -0.394 e. The molecule has 7 nitrogen and oxygen atoms in total. The van der Waals surface area contributed by atoms with Crippen LogP contribution in [0.2, 0.25) is 0 Å². The topological polar surface area (TPSA) is 111 Å². The maximum Gasteiger partial charge on any atom is 0.131 e. The van der Waals surface area contributed by atoms with E-state index in [2.05, 4.69) is 15.0 Å². The van der Waals surface area contributed by atoms with Crippen molar-refractivity contribution in [3.05, 3.63) is 24.3 Å². The van der Waals surface area contributed by atoms with Crippen LogP contribution in [-0.2, 0) is 4.74 Å². The Kier molecular flexibility index (Phi) is 2.75. The summed E-state index contributed by atoms with van der Waals surface area (Å²) < 4.78 is 5.43. The summed E-state index contributed by atoms with van der Waals surface area (Å²) in [5.74, 6) is 0. The molecule has 4 atom stereocenters. The van der Waals surface area contributed by atoms with Gasteiger partial charge in [-0.15, -0.1) is 0 Å². The van der Waals surface area contributed by atoms with Crippen LogP contribution < -0.4 is 0 Å². The summed E-state index contributed by atoms with van der Waals surface area (Å²) in [4.78, 5) is 11.2. The number of H-pyrrole nitrogens is 1. The number of nitrogens with zero attached hydrogens (tertiary/aromatic N) is 2. The van der Waals surface area contributed by atoms with Crippen LogP contribution in [-0.4, -0.2) is 55.2 Å². The van der Waals surface area contributed by atoms with Gasteiger partial charge < -0.3 is 25.0 Å². The zero-order valence-electron chi connectivity index (χ0n) is 9.39. The highest BCUT2D eigenvalue weighted by Gasteiger charge is 2.44. The maximum absolute atomic E-state index is 9.95. The maximum atomic E-state index is 9.95. The molecule has 7 heteroatoms. The van der Waals surface area contributed by atoms with Crippen molar-refractivity contribution in [2.24, 2.45) is 0 Å². The fourth-order valence-electron chi connectivity index (χ4n) is 2.22. The van der Waals surface area contributed by atoms with Gasteiger partial charge >= 0.3 is 0 Å². The van der Waals surface area contributed by atoms with Gasteiger partial charge in [-0.25, -0.2) is 4.98 Å². The highest BCUT2D eigenvalue weighted by molar-refractivity contribution is 5.76.